The zero-order valence-electron chi connectivity index (χ0n) is 11.0. The van der Waals surface area contributed by atoms with Gasteiger partial charge in [0.15, 0.2) is 0 Å². The van der Waals surface area contributed by atoms with E-state index in [1.807, 2.05) is 6.07 Å². The number of rotatable bonds is 7. The standard InChI is InChI=1S/C13H16N2O4S/c1-10(8-13(16)17)9-15-20(18,19)12-4-2-11(3-5-12)6-7-14/h2-5,10,15H,6,8-9H2,1H3,(H,16,17). The Morgan fingerprint density at radius 3 is 2.50 bits per heavy atom. The summed E-state index contributed by atoms with van der Waals surface area (Å²) in [5.74, 6) is -1.25. The van der Waals surface area contributed by atoms with Gasteiger partial charge in [-0.1, -0.05) is 19.1 Å². The number of carboxylic acid groups (broad SMARTS) is 1. The molecule has 0 aliphatic carbocycles. The Labute approximate surface area is 118 Å². The number of hydrogen-bond acceptors (Lipinski definition) is 4. The van der Waals surface area contributed by atoms with Crippen molar-refractivity contribution >= 4 is 16.0 Å². The first kappa shape index (κ1) is 16.1. The number of nitriles is 1. The van der Waals surface area contributed by atoms with Gasteiger partial charge in [-0.25, -0.2) is 13.1 Å². The van der Waals surface area contributed by atoms with Crippen LogP contribution in [0.15, 0.2) is 29.2 Å². The van der Waals surface area contributed by atoms with Gasteiger partial charge in [0.05, 0.1) is 17.4 Å². The lowest BCUT2D eigenvalue weighted by molar-refractivity contribution is -0.137. The first-order valence-electron chi connectivity index (χ1n) is 6.02. The van der Waals surface area contributed by atoms with Gasteiger partial charge in [-0.2, -0.15) is 5.26 Å². The summed E-state index contributed by atoms with van der Waals surface area (Å²) in [6, 6.07) is 8.00. The fourth-order valence-corrected chi connectivity index (χ4v) is 2.75. The van der Waals surface area contributed by atoms with Crippen LogP contribution in [0.3, 0.4) is 0 Å². The summed E-state index contributed by atoms with van der Waals surface area (Å²) in [6.45, 7) is 1.72. The van der Waals surface area contributed by atoms with Crippen molar-refractivity contribution in [1.82, 2.24) is 4.72 Å². The molecule has 1 aromatic carbocycles. The Balaban J connectivity index is 2.69. The maximum atomic E-state index is 12.0. The van der Waals surface area contributed by atoms with E-state index in [4.69, 9.17) is 10.4 Å². The lowest BCUT2D eigenvalue weighted by Gasteiger charge is -2.11. The zero-order valence-corrected chi connectivity index (χ0v) is 11.9. The molecule has 0 aliphatic rings. The molecule has 0 amide bonds. The predicted octanol–water partition coefficient (Wildman–Crippen LogP) is 1.14. The molecule has 0 saturated heterocycles. The number of carboxylic acids is 1. The van der Waals surface area contributed by atoms with Crippen molar-refractivity contribution in [3.05, 3.63) is 29.8 Å². The van der Waals surface area contributed by atoms with E-state index in [1.165, 1.54) is 12.1 Å². The summed E-state index contributed by atoms with van der Waals surface area (Å²) in [4.78, 5) is 10.6. The van der Waals surface area contributed by atoms with Crippen molar-refractivity contribution in [2.24, 2.45) is 5.92 Å². The quantitative estimate of drug-likeness (QED) is 0.784. The molecule has 1 rings (SSSR count). The zero-order chi connectivity index (χ0) is 15.2. The summed E-state index contributed by atoms with van der Waals surface area (Å²) < 4.78 is 26.3. The van der Waals surface area contributed by atoms with Crippen molar-refractivity contribution < 1.29 is 18.3 Å². The molecule has 0 aliphatic heterocycles. The largest absolute Gasteiger partial charge is 0.481 e. The van der Waals surface area contributed by atoms with Crippen molar-refractivity contribution in [2.45, 2.75) is 24.7 Å². The molecular weight excluding hydrogens is 280 g/mol. The Morgan fingerprint density at radius 1 is 1.40 bits per heavy atom. The third-order valence-corrected chi connectivity index (χ3v) is 4.10. The van der Waals surface area contributed by atoms with Gasteiger partial charge < -0.3 is 5.11 Å². The van der Waals surface area contributed by atoms with Gasteiger partial charge in [-0.05, 0) is 23.6 Å². The Bertz CT molecular complexity index is 602. The molecule has 0 radical (unpaired) electrons. The maximum Gasteiger partial charge on any atom is 0.303 e. The molecule has 0 fully saturated rings. The maximum absolute atomic E-state index is 12.0. The van der Waals surface area contributed by atoms with Crippen LogP contribution in [0, 0.1) is 17.2 Å². The van der Waals surface area contributed by atoms with E-state index in [0.29, 0.717) is 0 Å². The second-order valence-electron chi connectivity index (χ2n) is 4.53. The van der Waals surface area contributed by atoms with Gasteiger partial charge in [0.2, 0.25) is 10.0 Å². The highest BCUT2D eigenvalue weighted by molar-refractivity contribution is 7.89. The molecule has 0 spiro atoms. The van der Waals surface area contributed by atoms with Crippen molar-refractivity contribution in [3.8, 4) is 6.07 Å². The van der Waals surface area contributed by atoms with Crippen LogP contribution in [0.25, 0.3) is 0 Å². The number of hydrogen-bond donors (Lipinski definition) is 2. The third-order valence-electron chi connectivity index (χ3n) is 2.66. The molecule has 7 heteroatoms. The lowest BCUT2D eigenvalue weighted by Crippen LogP contribution is -2.29. The molecular formula is C13H16N2O4S. The molecule has 2 N–H and O–H groups in total. The first-order chi connectivity index (χ1) is 9.35. The van der Waals surface area contributed by atoms with Crippen LogP contribution in [-0.2, 0) is 21.2 Å². The smallest absolute Gasteiger partial charge is 0.303 e. The number of benzene rings is 1. The molecule has 1 unspecified atom stereocenters. The number of aliphatic carboxylic acids is 1. The predicted molar refractivity (Wildman–Crippen MR) is 72.4 cm³/mol. The minimum Gasteiger partial charge on any atom is -0.481 e. The fraction of sp³-hybridized carbons (Fsp3) is 0.385. The number of sulfonamides is 1. The average Bonchev–Trinajstić information content (AvgIpc) is 2.37. The average molecular weight is 296 g/mol. The second kappa shape index (κ2) is 7.03. The SMILES string of the molecule is CC(CNS(=O)(=O)c1ccc(CC#N)cc1)CC(=O)O. The highest BCUT2D eigenvalue weighted by Gasteiger charge is 2.16. The van der Waals surface area contributed by atoms with Crippen molar-refractivity contribution in [2.75, 3.05) is 6.54 Å². The highest BCUT2D eigenvalue weighted by atomic mass is 32.2. The fourth-order valence-electron chi connectivity index (χ4n) is 1.58. The van der Waals surface area contributed by atoms with E-state index in [-0.39, 0.29) is 30.2 Å². The van der Waals surface area contributed by atoms with Crippen molar-refractivity contribution in [1.29, 1.82) is 5.26 Å². The Morgan fingerprint density at radius 2 is 2.00 bits per heavy atom. The number of carbonyl (C=O) groups is 1. The van der Waals surface area contributed by atoms with Crippen LogP contribution in [0.4, 0.5) is 0 Å². The lowest BCUT2D eigenvalue weighted by atomic mass is 10.1. The molecule has 108 valence electrons. The molecule has 1 aromatic rings. The monoisotopic (exact) mass is 296 g/mol. The molecule has 0 aromatic heterocycles. The van der Waals surface area contributed by atoms with E-state index in [1.54, 1.807) is 19.1 Å². The van der Waals surface area contributed by atoms with Crippen LogP contribution in [0.1, 0.15) is 18.9 Å². The molecule has 1 atom stereocenters. The summed E-state index contributed by atoms with van der Waals surface area (Å²) in [7, 11) is -3.65. The van der Waals surface area contributed by atoms with Gasteiger partial charge in [0.1, 0.15) is 0 Å². The van der Waals surface area contributed by atoms with E-state index in [2.05, 4.69) is 4.72 Å². The van der Waals surface area contributed by atoms with Crippen molar-refractivity contribution in [3.63, 3.8) is 0 Å². The summed E-state index contributed by atoms with van der Waals surface area (Å²) in [5, 5.41) is 17.1. The minimum atomic E-state index is -3.65. The van der Waals surface area contributed by atoms with Crippen LogP contribution < -0.4 is 4.72 Å². The highest BCUT2D eigenvalue weighted by Crippen LogP contribution is 2.11. The number of nitrogens with one attached hydrogen (secondary N) is 1. The molecule has 6 nitrogen and oxygen atoms in total. The molecule has 20 heavy (non-hydrogen) atoms. The van der Waals surface area contributed by atoms with Gasteiger partial charge in [-0.3, -0.25) is 4.79 Å². The summed E-state index contributed by atoms with van der Waals surface area (Å²) in [5.41, 5.74) is 0.741. The molecule has 0 heterocycles. The Kier molecular flexibility index (Phi) is 5.67. The topological polar surface area (TPSA) is 107 Å². The molecule has 0 bridgehead atoms. The summed E-state index contributed by atoms with van der Waals surface area (Å²) in [6.07, 6.45) is 0.132. The normalized spacial score (nSPS) is 12.6. The van der Waals surface area contributed by atoms with E-state index >= 15 is 0 Å². The van der Waals surface area contributed by atoms with Gasteiger partial charge in [0, 0.05) is 13.0 Å². The third kappa shape index (κ3) is 4.99. The summed E-state index contributed by atoms with van der Waals surface area (Å²) >= 11 is 0. The van der Waals surface area contributed by atoms with E-state index in [9.17, 15) is 13.2 Å². The minimum absolute atomic E-state index is 0.0641. The van der Waals surface area contributed by atoms with Gasteiger partial charge in [0.25, 0.3) is 0 Å². The van der Waals surface area contributed by atoms with Crippen LogP contribution in [0.2, 0.25) is 0 Å². The van der Waals surface area contributed by atoms with Crippen LogP contribution in [-0.4, -0.2) is 26.0 Å². The van der Waals surface area contributed by atoms with Crippen LogP contribution >= 0.6 is 0 Å². The van der Waals surface area contributed by atoms with Gasteiger partial charge in [-0.15, -0.1) is 0 Å². The number of nitrogens with zero attached hydrogens (tertiary/aromatic N) is 1. The first-order valence-corrected chi connectivity index (χ1v) is 7.51. The Hall–Kier alpha value is -1.91. The molecule has 0 saturated carbocycles. The van der Waals surface area contributed by atoms with E-state index < -0.39 is 16.0 Å². The van der Waals surface area contributed by atoms with Crippen LogP contribution in [0.5, 0.6) is 0 Å². The van der Waals surface area contributed by atoms with E-state index in [0.717, 1.165) is 5.56 Å². The second-order valence-corrected chi connectivity index (χ2v) is 6.30. The van der Waals surface area contributed by atoms with Gasteiger partial charge >= 0.3 is 5.97 Å².